The molecule has 1 aromatic carbocycles. The largest absolute Gasteiger partial charge is 0.372 e. The Labute approximate surface area is 139 Å². The van der Waals surface area contributed by atoms with E-state index in [9.17, 15) is 4.79 Å². The molecule has 0 saturated carbocycles. The average Bonchev–Trinajstić information content (AvgIpc) is 2.51. The second-order valence-corrected chi connectivity index (χ2v) is 5.34. The van der Waals surface area contributed by atoms with E-state index in [0.29, 0.717) is 18.7 Å². The van der Waals surface area contributed by atoms with Crippen LogP contribution in [-0.4, -0.2) is 24.0 Å². The molecule has 6 heteroatoms. The molecule has 0 radical (unpaired) electrons. The number of pyridine rings is 1. The molecule has 2 rings (SSSR count). The Morgan fingerprint density at radius 3 is 2.45 bits per heavy atom. The minimum atomic E-state index is -0.271. The van der Waals surface area contributed by atoms with Crippen molar-refractivity contribution in [3.63, 3.8) is 0 Å². The number of aromatic nitrogens is 1. The lowest BCUT2D eigenvalue weighted by Gasteiger charge is -2.18. The van der Waals surface area contributed by atoms with E-state index in [1.165, 1.54) is 12.1 Å². The molecule has 0 spiro atoms. The summed E-state index contributed by atoms with van der Waals surface area (Å²) in [5, 5.41) is 3.19. The fourth-order valence-corrected chi connectivity index (χ4v) is 2.49. The number of ether oxygens (including phenoxy) is 1. The second-order valence-electron chi connectivity index (χ2n) is 4.57. The summed E-state index contributed by atoms with van der Waals surface area (Å²) >= 11 is 11.6. The SMILES string of the molecule is CCOC(CNC(=O)c1cc(Cl)nc(Cl)c1)c1ccccc1. The van der Waals surface area contributed by atoms with Crippen LogP contribution in [0.5, 0.6) is 0 Å². The number of carbonyl (C=O) groups excluding carboxylic acids is 1. The zero-order chi connectivity index (χ0) is 15.9. The molecular formula is C16H16Cl2N2O2. The number of rotatable bonds is 6. The van der Waals surface area contributed by atoms with Gasteiger partial charge in [-0.25, -0.2) is 4.98 Å². The molecule has 1 atom stereocenters. The van der Waals surface area contributed by atoms with E-state index in [-0.39, 0.29) is 22.3 Å². The zero-order valence-corrected chi connectivity index (χ0v) is 13.6. The van der Waals surface area contributed by atoms with Crippen LogP contribution < -0.4 is 5.32 Å². The maximum absolute atomic E-state index is 12.2. The third-order valence-corrected chi connectivity index (χ3v) is 3.40. The third-order valence-electron chi connectivity index (χ3n) is 3.01. The van der Waals surface area contributed by atoms with E-state index in [1.807, 2.05) is 37.3 Å². The van der Waals surface area contributed by atoms with Gasteiger partial charge in [0, 0.05) is 18.7 Å². The highest BCUT2D eigenvalue weighted by molar-refractivity contribution is 6.33. The van der Waals surface area contributed by atoms with Gasteiger partial charge in [0.25, 0.3) is 5.91 Å². The summed E-state index contributed by atoms with van der Waals surface area (Å²) in [6, 6.07) is 12.7. The van der Waals surface area contributed by atoms with Crippen molar-refractivity contribution in [3.05, 3.63) is 63.9 Å². The van der Waals surface area contributed by atoms with Crippen LogP contribution in [0.2, 0.25) is 10.3 Å². The number of benzene rings is 1. The van der Waals surface area contributed by atoms with Crippen molar-refractivity contribution >= 4 is 29.1 Å². The van der Waals surface area contributed by atoms with Crippen molar-refractivity contribution in [1.29, 1.82) is 0 Å². The fraction of sp³-hybridized carbons (Fsp3) is 0.250. The molecule has 4 nitrogen and oxygen atoms in total. The average molecular weight is 339 g/mol. The predicted octanol–water partition coefficient (Wildman–Crippen LogP) is 3.90. The van der Waals surface area contributed by atoms with Crippen molar-refractivity contribution in [1.82, 2.24) is 10.3 Å². The van der Waals surface area contributed by atoms with Crippen LogP contribution in [0.1, 0.15) is 28.9 Å². The van der Waals surface area contributed by atoms with Gasteiger partial charge in [0.1, 0.15) is 10.3 Å². The number of carbonyl (C=O) groups is 1. The van der Waals surface area contributed by atoms with Gasteiger partial charge in [-0.15, -0.1) is 0 Å². The molecule has 0 saturated heterocycles. The van der Waals surface area contributed by atoms with E-state index >= 15 is 0 Å². The lowest BCUT2D eigenvalue weighted by molar-refractivity contribution is 0.0586. The van der Waals surface area contributed by atoms with Gasteiger partial charge in [-0.2, -0.15) is 0 Å². The molecule has 22 heavy (non-hydrogen) atoms. The normalized spacial score (nSPS) is 12.0. The van der Waals surface area contributed by atoms with E-state index < -0.39 is 0 Å². The van der Waals surface area contributed by atoms with E-state index in [1.54, 1.807) is 0 Å². The smallest absolute Gasteiger partial charge is 0.251 e. The fourth-order valence-electron chi connectivity index (χ4n) is 2.03. The molecule has 116 valence electrons. The first-order chi connectivity index (χ1) is 10.6. The number of hydrogen-bond acceptors (Lipinski definition) is 3. The van der Waals surface area contributed by atoms with Crippen LogP contribution in [0.4, 0.5) is 0 Å². The first-order valence-electron chi connectivity index (χ1n) is 6.88. The summed E-state index contributed by atoms with van der Waals surface area (Å²) in [4.78, 5) is 16.0. The topological polar surface area (TPSA) is 51.2 Å². The van der Waals surface area contributed by atoms with Crippen molar-refractivity contribution in [2.24, 2.45) is 0 Å². The van der Waals surface area contributed by atoms with Crippen LogP contribution in [0.25, 0.3) is 0 Å². The van der Waals surface area contributed by atoms with Crippen LogP contribution in [-0.2, 0) is 4.74 Å². The molecule has 1 aromatic heterocycles. The monoisotopic (exact) mass is 338 g/mol. The molecule has 1 amide bonds. The minimum Gasteiger partial charge on any atom is -0.372 e. The summed E-state index contributed by atoms with van der Waals surface area (Å²) < 4.78 is 5.68. The molecular weight excluding hydrogens is 323 g/mol. The third kappa shape index (κ3) is 4.70. The predicted molar refractivity (Wildman–Crippen MR) is 87.4 cm³/mol. The Morgan fingerprint density at radius 1 is 1.23 bits per heavy atom. The van der Waals surface area contributed by atoms with Crippen molar-refractivity contribution in [2.75, 3.05) is 13.2 Å². The minimum absolute atomic E-state index is 0.182. The van der Waals surface area contributed by atoms with Gasteiger partial charge in [0.05, 0.1) is 6.10 Å². The van der Waals surface area contributed by atoms with Crippen LogP contribution in [0.3, 0.4) is 0 Å². The number of amides is 1. The van der Waals surface area contributed by atoms with Gasteiger partial charge in [0.2, 0.25) is 0 Å². The first kappa shape index (κ1) is 16.7. The highest BCUT2D eigenvalue weighted by Crippen LogP contribution is 2.17. The standard InChI is InChI=1S/C16H16Cl2N2O2/c1-2-22-13(11-6-4-3-5-7-11)10-19-16(21)12-8-14(17)20-15(18)9-12/h3-9,13H,2,10H2,1H3,(H,19,21). The highest BCUT2D eigenvalue weighted by atomic mass is 35.5. The second kappa shape index (κ2) is 8.13. The molecule has 0 fully saturated rings. The Morgan fingerprint density at radius 2 is 1.86 bits per heavy atom. The van der Waals surface area contributed by atoms with Gasteiger partial charge >= 0.3 is 0 Å². The van der Waals surface area contributed by atoms with Gasteiger partial charge < -0.3 is 10.1 Å². The number of nitrogens with zero attached hydrogens (tertiary/aromatic N) is 1. The Balaban J connectivity index is 2.04. The molecule has 1 N–H and O–H groups in total. The first-order valence-corrected chi connectivity index (χ1v) is 7.63. The summed E-state index contributed by atoms with van der Waals surface area (Å²) in [7, 11) is 0. The van der Waals surface area contributed by atoms with Crippen LogP contribution in [0, 0.1) is 0 Å². The number of hydrogen-bond donors (Lipinski definition) is 1. The molecule has 1 heterocycles. The lowest BCUT2D eigenvalue weighted by Crippen LogP contribution is -2.29. The summed E-state index contributed by atoms with van der Waals surface area (Å²) in [6.45, 7) is 2.83. The zero-order valence-electron chi connectivity index (χ0n) is 12.1. The molecule has 1 unspecified atom stereocenters. The summed E-state index contributed by atoms with van der Waals surface area (Å²) in [5.74, 6) is -0.271. The van der Waals surface area contributed by atoms with Gasteiger partial charge in [-0.1, -0.05) is 53.5 Å². The summed E-state index contributed by atoms with van der Waals surface area (Å²) in [5.41, 5.74) is 1.38. The van der Waals surface area contributed by atoms with Gasteiger partial charge in [0.15, 0.2) is 0 Å². The van der Waals surface area contributed by atoms with Crippen molar-refractivity contribution in [2.45, 2.75) is 13.0 Å². The maximum Gasteiger partial charge on any atom is 0.251 e. The molecule has 0 bridgehead atoms. The van der Waals surface area contributed by atoms with E-state index in [0.717, 1.165) is 5.56 Å². The summed E-state index contributed by atoms with van der Waals surface area (Å²) in [6.07, 6.45) is -0.206. The Bertz CT molecular complexity index is 615. The Kier molecular flexibility index (Phi) is 6.19. The van der Waals surface area contributed by atoms with Crippen LogP contribution in [0.15, 0.2) is 42.5 Å². The number of halogens is 2. The molecule has 0 aliphatic rings. The van der Waals surface area contributed by atoms with Crippen molar-refractivity contribution < 1.29 is 9.53 Å². The van der Waals surface area contributed by atoms with Gasteiger partial charge in [-0.05, 0) is 24.6 Å². The van der Waals surface area contributed by atoms with Crippen LogP contribution >= 0.6 is 23.2 Å². The van der Waals surface area contributed by atoms with Crippen molar-refractivity contribution in [3.8, 4) is 0 Å². The lowest BCUT2D eigenvalue weighted by atomic mass is 10.1. The molecule has 0 aliphatic heterocycles. The van der Waals surface area contributed by atoms with Gasteiger partial charge in [-0.3, -0.25) is 4.79 Å². The molecule has 2 aromatic rings. The maximum atomic E-state index is 12.2. The highest BCUT2D eigenvalue weighted by Gasteiger charge is 2.14. The van der Waals surface area contributed by atoms with E-state index in [4.69, 9.17) is 27.9 Å². The quantitative estimate of drug-likeness (QED) is 0.812. The van der Waals surface area contributed by atoms with E-state index in [2.05, 4.69) is 10.3 Å². The number of nitrogens with one attached hydrogen (secondary N) is 1. The molecule has 0 aliphatic carbocycles. The Hall–Kier alpha value is -1.62.